The van der Waals surface area contributed by atoms with Crippen LogP contribution in [0.1, 0.15) is 31.2 Å². The van der Waals surface area contributed by atoms with Crippen LogP contribution in [0.2, 0.25) is 0 Å². The Morgan fingerprint density at radius 3 is 2.04 bits per heavy atom. The molecule has 0 aliphatic carbocycles. The van der Waals surface area contributed by atoms with Crippen molar-refractivity contribution in [1.29, 1.82) is 0 Å². The summed E-state index contributed by atoms with van der Waals surface area (Å²) in [7, 11) is 1.37. The Bertz CT molecular complexity index is 1030. The van der Waals surface area contributed by atoms with Crippen LogP contribution < -0.4 is 0 Å². The van der Waals surface area contributed by atoms with E-state index in [0.29, 0.717) is 11.3 Å². The highest BCUT2D eigenvalue weighted by atomic mass is 16.2. The van der Waals surface area contributed by atoms with Gasteiger partial charge < -0.3 is 0 Å². The molecule has 1 aliphatic rings. The first-order chi connectivity index (χ1) is 13.1. The molecule has 0 N–H and O–H groups in total. The van der Waals surface area contributed by atoms with Gasteiger partial charge in [-0.3, -0.25) is 19.4 Å². The van der Waals surface area contributed by atoms with Crippen LogP contribution in [-0.2, 0) is 0 Å². The molecule has 1 aromatic heterocycles. The standard InChI is InChI=1S/C20H14N4O3/c1-23(24-18(25)14-9-5-6-10-15(14)19(24)26)20(27)17-16(21-11-12-22-17)13-7-3-2-4-8-13/h2-12H,1H3. The molecule has 132 valence electrons. The summed E-state index contributed by atoms with van der Waals surface area (Å²) < 4.78 is 0. The number of benzene rings is 2. The summed E-state index contributed by atoms with van der Waals surface area (Å²) in [5.74, 6) is -1.69. The number of hydrogen-bond acceptors (Lipinski definition) is 5. The second-order valence-electron chi connectivity index (χ2n) is 5.92. The normalized spacial score (nSPS) is 12.9. The van der Waals surface area contributed by atoms with Crippen LogP contribution in [-0.4, -0.2) is 44.8 Å². The molecule has 0 saturated carbocycles. The smallest absolute Gasteiger partial charge is 0.267 e. The summed E-state index contributed by atoms with van der Waals surface area (Å²) in [6, 6.07) is 15.6. The van der Waals surface area contributed by atoms with Crippen LogP contribution in [0, 0.1) is 0 Å². The fraction of sp³-hybridized carbons (Fsp3) is 0.0500. The molecule has 0 radical (unpaired) electrons. The Labute approximate surface area is 154 Å². The first-order valence-electron chi connectivity index (χ1n) is 8.22. The van der Waals surface area contributed by atoms with Crippen LogP contribution in [0.25, 0.3) is 11.3 Å². The van der Waals surface area contributed by atoms with E-state index in [-0.39, 0.29) is 16.8 Å². The van der Waals surface area contributed by atoms with E-state index in [1.807, 2.05) is 30.3 Å². The first kappa shape index (κ1) is 16.6. The molecule has 3 aromatic rings. The van der Waals surface area contributed by atoms with Gasteiger partial charge in [0.15, 0.2) is 5.69 Å². The Morgan fingerprint density at radius 2 is 1.41 bits per heavy atom. The molecule has 0 spiro atoms. The topological polar surface area (TPSA) is 83.5 Å². The van der Waals surface area contributed by atoms with Crippen molar-refractivity contribution in [2.45, 2.75) is 0 Å². The molecule has 27 heavy (non-hydrogen) atoms. The zero-order valence-corrected chi connectivity index (χ0v) is 14.4. The Hall–Kier alpha value is -3.87. The van der Waals surface area contributed by atoms with Crippen molar-refractivity contribution in [1.82, 2.24) is 20.0 Å². The summed E-state index contributed by atoms with van der Waals surface area (Å²) in [4.78, 5) is 46.7. The summed E-state index contributed by atoms with van der Waals surface area (Å²) in [5, 5.41) is 1.82. The summed E-state index contributed by atoms with van der Waals surface area (Å²) in [5.41, 5.74) is 1.69. The van der Waals surface area contributed by atoms with E-state index < -0.39 is 17.7 Å². The van der Waals surface area contributed by atoms with E-state index in [4.69, 9.17) is 0 Å². The van der Waals surface area contributed by atoms with Gasteiger partial charge in [-0.1, -0.05) is 42.5 Å². The minimum absolute atomic E-state index is 0.0581. The average Bonchev–Trinajstić information content (AvgIpc) is 2.98. The van der Waals surface area contributed by atoms with E-state index in [1.165, 1.54) is 19.4 Å². The van der Waals surface area contributed by atoms with Crippen molar-refractivity contribution < 1.29 is 14.4 Å². The lowest BCUT2D eigenvalue weighted by Crippen LogP contribution is -2.47. The van der Waals surface area contributed by atoms with Crippen molar-refractivity contribution in [2.75, 3.05) is 7.05 Å². The highest BCUT2D eigenvalue weighted by Crippen LogP contribution is 2.26. The van der Waals surface area contributed by atoms with Gasteiger partial charge in [-0.25, -0.2) is 9.99 Å². The first-order valence-corrected chi connectivity index (χ1v) is 8.22. The van der Waals surface area contributed by atoms with Gasteiger partial charge in [-0.05, 0) is 12.1 Å². The lowest BCUT2D eigenvalue weighted by atomic mass is 10.1. The van der Waals surface area contributed by atoms with Gasteiger partial charge in [-0.15, -0.1) is 0 Å². The molecule has 2 heterocycles. The fourth-order valence-electron chi connectivity index (χ4n) is 2.99. The minimum Gasteiger partial charge on any atom is -0.267 e. The Morgan fingerprint density at radius 1 is 0.852 bits per heavy atom. The van der Waals surface area contributed by atoms with Crippen LogP contribution >= 0.6 is 0 Å². The van der Waals surface area contributed by atoms with Gasteiger partial charge in [-0.2, -0.15) is 5.01 Å². The lowest BCUT2D eigenvalue weighted by Gasteiger charge is -2.26. The molecule has 4 rings (SSSR count). The van der Waals surface area contributed by atoms with Crippen molar-refractivity contribution in [2.24, 2.45) is 0 Å². The molecular weight excluding hydrogens is 344 g/mol. The van der Waals surface area contributed by atoms with Gasteiger partial charge >= 0.3 is 0 Å². The predicted octanol–water partition coefficient (Wildman–Crippen LogP) is 2.43. The third-order valence-corrected chi connectivity index (χ3v) is 4.31. The summed E-state index contributed by atoms with van der Waals surface area (Å²) >= 11 is 0. The molecule has 0 unspecified atom stereocenters. The van der Waals surface area contributed by atoms with Gasteiger partial charge in [0, 0.05) is 25.0 Å². The van der Waals surface area contributed by atoms with Gasteiger partial charge in [0.25, 0.3) is 17.7 Å². The van der Waals surface area contributed by atoms with Crippen LogP contribution in [0.5, 0.6) is 0 Å². The average molecular weight is 358 g/mol. The molecule has 7 heteroatoms. The Balaban J connectivity index is 1.71. The second-order valence-corrected chi connectivity index (χ2v) is 5.92. The maximum atomic E-state index is 13.0. The molecular formula is C20H14N4O3. The van der Waals surface area contributed by atoms with E-state index in [0.717, 1.165) is 10.0 Å². The zero-order valence-electron chi connectivity index (χ0n) is 14.4. The van der Waals surface area contributed by atoms with Crippen molar-refractivity contribution in [3.63, 3.8) is 0 Å². The number of fused-ring (bicyclic) bond motifs is 1. The molecule has 0 atom stereocenters. The predicted molar refractivity (Wildman–Crippen MR) is 96.5 cm³/mol. The van der Waals surface area contributed by atoms with E-state index >= 15 is 0 Å². The van der Waals surface area contributed by atoms with E-state index in [9.17, 15) is 14.4 Å². The van der Waals surface area contributed by atoms with Gasteiger partial charge in [0.05, 0.1) is 11.1 Å². The number of amides is 3. The van der Waals surface area contributed by atoms with Crippen molar-refractivity contribution in [3.05, 3.63) is 83.8 Å². The number of nitrogens with zero attached hydrogens (tertiary/aromatic N) is 4. The maximum Gasteiger partial charge on any atom is 0.293 e. The monoisotopic (exact) mass is 358 g/mol. The second kappa shape index (κ2) is 6.45. The molecule has 0 saturated heterocycles. The lowest BCUT2D eigenvalue weighted by molar-refractivity contribution is 0.0125. The number of rotatable bonds is 3. The minimum atomic E-state index is -0.601. The quantitative estimate of drug-likeness (QED) is 0.672. The van der Waals surface area contributed by atoms with Crippen molar-refractivity contribution in [3.8, 4) is 11.3 Å². The number of carbonyl (C=O) groups excluding carboxylic acids is 3. The highest BCUT2D eigenvalue weighted by molar-refractivity contribution is 6.22. The van der Waals surface area contributed by atoms with Crippen molar-refractivity contribution >= 4 is 17.7 Å². The molecule has 0 fully saturated rings. The molecule has 3 amide bonds. The summed E-state index contributed by atoms with van der Waals surface area (Å²) in [6.45, 7) is 0. The van der Waals surface area contributed by atoms with Crippen LogP contribution in [0.3, 0.4) is 0 Å². The zero-order chi connectivity index (χ0) is 19.0. The van der Waals surface area contributed by atoms with E-state index in [2.05, 4.69) is 9.97 Å². The SMILES string of the molecule is CN(C(=O)c1nccnc1-c1ccccc1)N1C(=O)c2ccccc2C1=O. The third-order valence-electron chi connectivity index (χ3n) is 4.31. The van der Waals surface area contributed by atoms with Crippen LogP contribution in [0.15, 0.2) is 67.0 Å². The number of imide groups is 1. The van der Waals surface area contributed by atoms with Crippen LogP contribution in [0.4, 0.5) is 0 Å². The fourth-order valence-corrected chi connectivity index (χ4v) is 2.99. The van der Waals surface area contributed by atoms with E-state index in [1.54, 1.807) is 24.3 Å². The number of carbonyl (C=O) groups is 3. The van der Waals surface area contributed by atoms with Gasteiger partial charge in [0.2, 0.25) is 0 Å². The number of hydrogen-bond donors (Lipinski definition) is 0. The third kappa shape index (κ3) is 2.65. The largest absolute Gasteiger partial charge is 0.293 e. The molecule has 7 nitrogen and oxygen atoms in total. The molecule has 2 aromatic carbocycles. The number of aromatic nitrogens is 2. The maximum absolute atomic E-state index is 13.0. The highest BCUT2D eigenvalue weighted by Gasteiger charge is 2.40. The number of hydrazine groups is 1. The Kier molecular flexibility index (Phi) is 3.97. The van der Waals surface area contributed by atoms with Gasteiger partial charge in [0.1, 0.15) is 5.69 Å². The molecule has 1 aliphatic heterocycles. The summed E-state index contributed by atoms with van der Waals surface area (Å²) in [6.07, 6.45) is 2.89. The molecule has 0 bridgehead atoms.